The van der Waals surface area contributed by atoms with Crippen LogP contribution in [0.3, 0.4) is 0 Å². The number of aromatic nitrogens is 2. The minimum Gasteiger partial charge on any atom is -0.496 e. The lowest BCUT2D eigenvalue weighted by Gasteiger charge is -2.04. The van der Waals surface area contributed by atoms with E-state index in [1.807, 2.05) is 25.1 Å². The summed E-state index contributed by atoms with van der Waals surface area (Å²) in [5.74, 6) is 2.67. The van der Waals surface area contributed by atoms with Crippen molar-refractivity contribution in [1.82, 2.24) is 15.5 Å². The first-order valence-electron chi connectivity index (χ1n) is 6.78. The van der Waals surface area contributed by atoms with Crippen molar-refractivity contribution in [2.45, 2.75) is 27.3 Å². The lowest BCUT2D eigenvalue weighted by Crippen LogP contribution is -2.19. The molecule has 0 unspecified atom stereocenters. The van der Waals surface area contributed by atoms with Gasteiger partial charge in [-0.25, -0.2) is 0 Å². The number of benzene rings is 1. The fraction of sp³-hybridized carbons (Fsp3) is 0.467. The van der Waals surface area contributed by atoms with Crippen molar-refractivity contribution >= 4 is 0 Å². The average molecular weight is 275 g/mol. The van der Waals surface area contributed by atoms with Gasteiger partial charge in [-0.2, -0.15) is 4.98 Å². The number of hydrogen-bond acceptors (Lipinski definition) is 5. The van der Waals surface area contributed by atoms with Gasteiger partial charge in [0.1, 0.15) is 5.75 Å². The molecule has 0 aliphatic carbocycles. The van der Waals surface area contributed by atoms with Crippen LogP contribution in [0.4, 0.5) is 0 Å². The number of nitrogens with zero attached hydrogens (tertiary/aromatic N) is 2. The highest BCUT2D eigenvalue weighted by Gasteiger charge is 2.10. The van der Waals surface area contributed by atoms with Crippen LogP contribution in [0, 0.1) is 12.8 Å². The molecule has 2 aromatic rings. The molecule has 20 heavy (non-hydrogen) atoms. The van der Waals surface area contributed by atoms with E-state index >= 15 is 0 Å². The van der Waals surface area contributed by atoms with E-state index in [1.165, 1.54) is 0 Å². The smallest absolute Gasteiger partial charge is 0.240 e. The third-order valence-corrected chi connectivity index (χ3v) is 2.95. The summed E-state index contributed by atoms with van der Waals surface area (Å²) in [7, 11) is 1.66. The maximum atomic E-state index is 5.24. The predicted octanol–water partition coefficient (Wildman–Crippen LogP) is 2.80. The van der Waals surface area contributed by atoms with Crippen LogP contribution in [0.1, 0.15) is 25.3 Å². The Labute approximate surface area is 119 Å². The fourth-order valence-corrected chi connectivity index (χ4v) is 1.93. The van der Waals surface area contributed by atoms with Crippen molar-refractivity contribution in [1.29, 1.82) is 0 Å². The van der Waals surface area contributed by atoms with Crippen molar-refractivity contribution in [2.75, 3.05) is 13.7 Å². The van der Waals surface area contributed by atoms with Crippen molar-refractivity contribution in [3.8, 4) is 17.1 Å². The molecule has 0 aliphatic heterocycles. The maximum Gasteiger partial charge on any atom is 0.240 e. The largest absolute Gasteiger partial charge is 0.496 e. The van der Waals surface area contributed by atoms with Crippen LogP contribution in [0.25, 0.3) is 11.4 Å². The molecule has 0 amide bonds. The summed E-state index contributed by atoms with van der Waals surface area (Å²) in [6, 6.07) is 5.84. The molecule has 1 heterocycles. The molecule has 0 atom stereocenters. The van der Waals surface area contributed by atoms with E-state index in [2.05, 4.69) is 29.3 Å². The topological polar surface area (TPSA) is 60.2 Å². The Morgan fingerprint density at radius 3 is 2.80 bits per heavy atom. The molecule has 0 radical (unpaired) electrons. The van der Waals surface area contributed by atoms with Gasteiger partial charge in [0, 0.05) is 5.56 Å². The van der Waals surface area contributed by atoms with Gasteiger partial charge < -0.3 is 14.6 Å². The maximum absolute atomic E-state index is 5.24. The molecule has 5 heteroatoms. The minimum atomic E-state index is 0.598. The van der Waals surface area contributed by atoms with Gasteiger partial charge in [-0.3, -0.25) is 0 Å². The summed E-state index contributed by atoms with van der Waals surface area (Å²) in [6.07, 6.45) is 0. The van der Waals surface area contributed by atoms with Crippen molar-refractivity contribution < 1.29 is 9.26 Å². The summed E-state index contributed by atoms with van der Waals surface area (Å²) in [6.45, 7) is 7.84. The first-order valence-corrected chi connectivity index (χ1v) is 6.78. The second kappa shape index (κ2) is 6.52. The van der Waals surface area contributed by atoms with Crippen LogP contribution in [0.5, 0.6) is 5.75 Å². The van der Waals surface area contributed by atoms with E-state index in [4.69, 9.17) is 9.26 Å². The molecular formula is C15H21N3O2. The molecule has 0 spiro atoms. The lowest BCUT2D eigenvalue weighted by molar-refractivity contribution is 0.364. The van der Waals surface area contributed by atoms with Gasteiger partial charge in [-0.15, -0.1) is 0 Å². The van der Waals surface area contributed by atoms with Gasteiger partial charge in [-0.1, -0.05) is 19.0 Å². The molecule has 1 aromatic heterocycles. The third kappa shape index (κ3) is 3.57. The van der Waals surface area contributed by atoms with Gasteiger partial charge >= 0.3 is 0 Å². The van der Waals surface area contributed by atoms with E-state index in [1.54, 1.807) is 7.11 Å². The normalized spacial score (nSPS) is 11.1. The summed E-state index contributed by atoms with van der Waals surface area (Å²) in [4.78, 5) is 4.39. The van der Waals surface area contributed by atoms with Crippen LogP contribution in [-0.4, -0.2) is 23.8 Å². The number of ether oxygens (including phenoxy) is 1. The highest BCUT2D eigenvalue weighted by atomic mass is 16.5. The fourth-order valence-electron chi connectivity index (χ4n) is 1.93. The standard InChI is InChI=1S/C15H21N3O2/c1-10(2)8-16-9-14-17-15(18-20-14)12-5-6-13(19-4)11(3)7-12/h5-7,10,16H,8-9H2,1-4H3. The zero-order valence-corrected chi connectivity index (χ0v) is 12.4. The van der Waals surface area contributed by atoms with Gasteiger partial charge in [-0.05, 0) is 43.1 Å². The summed E-state index contributed by atoms with van der Waals surface area (Å²) in [5, 5.41) is 7.29. The Morgan fingerprint density at radius 2 is 2.15 bits per heavy atom. The second-order valence-electron chi connectivity index (χ2n) is 5.22. The highest BCUT2D eigenvalue weighted by molar-refractivity contribution is 5.58. The zero-order chi connectivity index (χ0) is 14.5. The Kier molecular flexibility index (Phi) is 4.74. The molecule has 2 rings (SSSR count). The number of methoxy groups -OCH3 is 1. The van der Waals surface area contributed by atoms with Gasteiger partial charge in [0.25, 0.3) is 0 Å². The molecule has 0 fully saturated rings. The van der Waals surface area contributed by atoms with Crippen molar-refractivity contribution in [3.63, 3.8) is 0 Å². The van der Waals surface area contributed by atoms with Crippen molar-refractivity contribution in [3.05, 3.63) is 29.7 Å². The van der Waals surface area contributed by atoms with E-state index in [9.17, 15) is 0 Å². The minimum absolute atomic E-state index is 0.598. The number of nitrogens with one attached hydrogen (secondary N) is 1. The number of aryl methyl sites for hydroxylation is 1. The highest BCUT2D eigenvalue weighted by Crippen LogP contribution is 2.24. The van der Waals surface area contributed by atoms with Crippen LogP contribution >= 0.6 is 0 Å². The molecule has 108 valence electrons. The average Bonchev–Trinajstić information content (AvgIpc) is 2.87. The first-order chi connectivity index (χ1) is 9.60. The molecular weight excluding hydrogens is 254 g/mol. The van der Waals surface area contributed by atoms with E-state index in [0.717, 1.165) is 23.4 Å². The molecule has 5 nitrogen and oxygen atoms in total. The molecule has 1 N–H and O–H groups in total. The predicted molar refractivity (Wildman–Crippen MR) is 77.6 cm³/mol. The quantitative estimate of drug-likeness (QED) is 0.878. The van der Waals surface area contributed by atoms with E-state index < -0.39 is 0 Å². The monoisotopic (exact) mass is 275 g/mol. The van der Waals surface area contributed by atoms with Gasteiger partial charge in [0.15, 0.2) is 0 Å². The Balaban J connectivity index is 2.06. The summed E-state index contributed by atoms with van der Waals surface area (Å²) < 4.78 is 10.5. The van der Waals surface area contributed by atoms with Crippen LogP contribution in [0.2, 0.25) is 0 Å². The van der Waals surface area contributed by atoms with Gasteiger partial charge in [0.2, 0.25) is 11.7 Å². The molecule has 0 bridgehead atoms. The number of rotatable bonds is 6. The molecule has 0 saturated heterocycles. The SMILES string of the molecule is COc1ccc(-c2noc(CNCC(C)C)n2)cc1C. The Bertz CT molecular complexity index is 564. The van der Waals surface area contributed by atoms with Crippen molar-refractivity contribution in [2.24, 2.45) is 5.92 Å². The lowest BCUT2D eigenvalue weighted by atomic mass is 10.1. The van der Waals surface area contributed by atoms with Crippen LogP contribution in [0.15, 0.2) is 22.7 Å². The summed E-state index contributed by atoms with van der Waals surface area (Å²) in [5.41, 5.74) is 1.98. The first kappa shape index (κ1) is 14.5. The Morgan fingerprint density at radius 1 is 1.35 bits per heavy atom. The Hall–Kier alpha value is -1.88. The van der Waals surface area contributed by atoms with Crippen LogP contribution in [-0.2, 0) is 6.54 Å². The molecule has 1 aromatic carbocycles. The van der Waals surface area contributed by atoms with Crippen LogP contribution < -0.4 is 10.1 Å². The molecule has 0 aliphatic rings. The third-order valence-electron chi connectivity index (χ3n) is 2.95. The molecule has 0 saturated carbocycles. The zero-order valence-electron chi connectivity index (χ0n) is 12.4. The van der Waals surface area contributed by atoms with Gasteiger partial charge in [0.05, 0.1) is 13.7 Å². The number of hydrogen-bond donors (Lipinski definition) is 1. The second-order valence-corrected chi connectivity index (χ2v) is 5.22. The van der Waals surface area contributed by atoms with E-state index in [0.29, 0.717) is 24.2 Å². The van der Waals surface area contributed by atoms with E-state index in [-0.39, 0.29) is 0 Å². The summed E-state index contributed by atoms with van der Waals surface area (Å²) >= 11 is 0.